The van der Waals surface area contributed by atoms with Gasteiger partial charge >= 0.3 is 0 Å². The van der Waals surface area contributed by atoms with E-state index in [0.717, 1.165) is 24.5 Å². The van der Waals surface area contributed by atoms with Gasteiger partial charge in [-0.2, -0.15) is 0 Å². The van der Waals surface area contributed by atoms with Crippen LogP contribution in [0.15, 0.2) is 41.8 Å². The summed E-state index contributed by atoms with van der Waals surface area (Å²) in [7, 11) is 0. The van der Waals surface area contributed by atoms with E-state index in [1.54, 1.807) is 0 Å². The van der Waals surface area contributed by atoms with E-state index in [4.69, 9.17) is 4.74 Å². The Bertz CT molecular complexity index is 662. The van der Waals surface area contributed by atoms with Crippen LogP contribution in [0.5, 0.6) is 0 Å². The molecule has 4 nitrogen and oxygen atoms in total. The molecule has 0 aliphatic carbocycles. The zero-order valence-electron chi connectivity index (χ0n) is 14.2. The van der Waals surface area contributed by atoms with Crippen molar-refractivity contribution < 1.29 is 9.53 Å². The van der Waals surface area contributed by atoms with Gasteiger partial charge in [0.15, 0.2) is 0 Å². The molecule has 0 unspecified atom stereocenters. The number of benzene rings is 1. The van der Waals surface area contributed by atoms with E-state index in [1.165, 1.54) is 22.5 Å². The summed E-state index contributed by atoms with van der Waals surface area (Å²) < 4.78 is 5.81. The molecule has 2 aromatic rings. The van der Waals surface area contributed by atoms with Crippen LogP contribution in [0.1, 0.15) is 34.6 Å². The first kappa shape index (κ1) is 17.1. The van der Waals surface area contributed by atoms with E-state index in [9.17, 15) is 4.79 Å². The average Bonchev–Trinajstić information content (AvgIpc) is 3.07. The predicted molar refractivity (Wildman–Crippen MR) is 97.2 cm³/mol. The smallest absolute Gasteiger partial charge is 0.261 e. The molecule has 0 saturated carbocycles. The van der Waals surface area contributed by atoms with Crippen LogP contribution in [0, 0.1) is 0 Å². The number of carbonyl (C=O) groups excluding carboxylic acids is 1. The van der Waals surface area contributed by atoms with E-state index in [0.29, 0.717) is 6.54 Å². The number of rotatable bonds is 5. The van der Waals surface area contributed by atoms with Crippen LogP contribution in [0.25, 0.3) is 0 Å². The third-order valence-electron chi connectivity index (χ3n) is 4.19. The van der Waals surface area contributed by atoms with Gasteiger partial charge in [-0.15, -0.1) is 11.3 Å². The molecule has 128 valence electrons. The van der Waals surface area contributed by atoms with Crippen molar-refractivity contribution >= 4 is 17.2 Å². The van der Waals surface area contributed by atoms with Crippen molar-refractivity contribution in [2.24, 2.45) is 0 Å². The monoisotopic (exact) mass is 344 g/mol. The summed E-state index contributed by atoms with van der Waals surface area (Å²) in [6, 6.07) is 12.1. The zero-order chi connectivity index (χ0) is 16.9. The van der Waals surface area contributed by atoms with E-state index in [-0.39, 0.29) is 18.1 Å². The predicted octanol–water partition coefficient (Wildman–Crippen LogP) is 3.29. The minimum atomic E-state index is -0.00609. The summed E-state index contributed by atoms with van der Waals surface area (Å²) in [5, 5.41) is 4.95. The number of morpholine rings is 1. The van der Waals surface area contributed by atoms with Gasteiger partial charge < -0.3 is 10.1 Å². The van der Waals surface area contributed by atoms with Crippen molar-refractivity contribution in [1.29, 1.82) is 0 Å². The number of nitrogens with zero attached hydrogens (tertiary/aromatic N) is 1. The van der Waals surface area contributed by atoms with Crippen molar-refractivity contribution in [1.82, 2.24) is 10.2 Å². The van der Waals surface area contributed by atoms with Crippen LogP contribution in [0.4, 0.5) is 0 Å². The maximum Gasteiger partial charge on any atom is 0.261 e. The Balaban J connectivity index is 1.63. The zero-order valence-corrected chi connectivity index (χ0v) is 15.0. The van der Waals surface area contributed by atoms with Gasteiger partial charge in [0.25, 0.3) is 5.91 Å². The highest BCUT2D eigenvalue weighted by Gasteiger charge is 2.22. The molecule has 0 spiro atoms. The minimum Gasteiger partial charge on any atom is -0.373 e. The van der Waals surface area contributed by atoms with Crippen molar-refractivity contribution in [3.63, 3.8) is 0 Å². The maximum absolute atomic E-state index is 12.1. The Hall–Kier alpha value is -1.69. The van der Waals surface area contributed by atoms with E-state index in [1.807, 2.05) is 23.6 Å². The lowest BCUT2D eigenvalue weighted by Gasteiger charge is -2.35. The number of hydrogen-bond acceptors (Lipinski definition) is 4. The van der Waals surface area contributed by atoms with Crippen LogP contribution in [-0.2, 0) is 17.8 Å². The van der Waals surface area contributed by atoms with Crippen LogP contribution in [0.2, 0.25) is 0 Å². The van der Waals surface area contributed by atoms with Gasteiger partial charge in [-0.05, 0) is 36.4 Å². The molecular formula is C19H24N2O2S. The third kappa shape index (κ3) is 4.44. The molecule has 0 bridgehead atoms. The van der Waals surface area contributed by atoms with E-state index >= 15 is 0 Å². The summed E-state index contributed by atoms with van der Waals surface area (Å²) in [5.74, 6) is -0.00609. The summed E-state index contributed by atoms with van der Waals surface area (Å²) in [6.45, 7) is 7.58. The highest BCUT2D eigenvalue weighted by Crippen LogP contribution is 2.17. The van der Waals surface area contributed by atoms with Crippen molar-refractivity contribution in [2.75, 3.05) is 13.1 Å². The maximum atomic E-state index is 12.1. The second-order valence-corrected chi connectivity index (χ2v) is 7.33. The van der Waals surface area contributed by atoms with Gasteiger partial charge in [0.2, 0.25) is 0 Å². The lowest BCUT2D eigenvalue weighted by atomic mass is 10.1. The summed E-state index contributed by atoms with van der Waals surface area (Å²) in [6.07, 6.45) is 0.527. The molecule has 1 aromatic carbocycles. The van der Waals surface area contributed by atoms with E-state index in [2.05, 4.69) is 42.3 Å². The number of ether oxygens (including phenoxy) is 1. The van der Waals surface area contributed by atoms with Gasteiger partial charge in [-0.3, -0.25) is 9.69 Å². The molecule has 3 rings (SSSR count). The molecule has 24 heavy (non-hydrogen) atoms. The number of nitrogens with one attached hydrogen (secondary N) is 1. The van der Waals surface area contributed by atoms with Gasteiger partial charge in [-0.1, -0.05) is 30.3 Å². The lowest BCUT2D eigenvalue weighted by Crippen LogP contribution is -2.45. The first-order valence-electron chi connectivity index (χ1n) is 8.38. The molecule has 1 amide bonds. The fraction of sp³-hybridized carbons (Fsp3) is 0.421. The fourth-order valence-corrected chi connectivity index (χ4v) is 3.85. The van der Waals surface area contributed by atoms with Gasteiger partial charge in [-0.25, -0.2) is 0 Å². The molecule has 1 saturated heterocycles. The topological polar surface area (TPSA) is 41.6 Å². The largest absolute Gasteiger partial charge is 0.373 e. The quantitative estimate of drug-likeness (QED) is 0.905. The highest BCUT2D eigenvalue weighted by molar-refractivity contribution is 7.12. The molecule has 2 atom stereocenters. The second kappa shape index (κ2) is 7.92. The second-order valence-electron chi connectivity index (χ2n) is 6.38. The minimum absolute atomic E-state index is 0.00609. The molecule has 1 N–H and O–H groups in total. The van der Waals surface area contributed by atoms with Crippen LogP contribution < -0.4 is 5.32 Å². The molecule has 1 aromatic heterocycles. The summed E-state index contributed by atoms with van der Waals surface area (Å²) in [4.78, 5) is 15.3. The summed E-state index contributed by atoms with van der Waals surface area (Å²) in [5.41, 5.74) is 2.44. The third-order valence-corrected chi connectivity index (χ3v) is 5.06. The summed E-state index contributed by atoms with van der Waals surface area (Å²) >= 11 is 1.47. The molecule has 1 fully saturated rings. The standard InChI is InChI=1S/C19H24N2O2S/c1-14-11-21(12-15(2)23-14)13-17-7-4-3-6-16(17)10-20-19(22)18-8-5-9-24-18/h3-9,14-15H,10-13H2,1-2H3,(H,20,22)/t14-,15-/m1/s1. The van der Waals surface area contributed by atoms with Crippen LogP contribution in [0.3, 0.4) is 0 Å². The lowest BCUT2D eigenvalue weighted by molar-refractivity contribution is -0.0705. The van der Waals surface area contributed by atoms with Crippen molar-refractivity contribution in [2.45, 2.75) is 39.1 Å². The Labute approximate surface area is 147 Å². The normalized spacial score (nSPS) is 21.6. The average molecular weight is 344 g/mol. The molecule has 5 heteroatoms. The van der Waals surface area contributed by atoms with Gasteiger partial charge in [0.1, 0.15) is 0 Å². The number of thiophene rings is 1. The number of amides is 1. The Morgan fingerprint density at radius 1 is 1.17 bits per heavy atom. The Morgan fingerprint density at radius 2 is 1.88 bits per heavy atom. The van der Waals surface area contributed by atoms with Crippen LogP contribution >= 0.6 is 11.3 Å². The Morgan fingerprint density at radius 3 is 2.54 bits per heavy atom. The molecule has 1 aliphatic heterocycles. The van der Waals surface area contributed by atoms with Crippen LogP contribution in [-0.4, -0.2) is 36.1 Å². The first-order valence-corrected chi connectivity index (χ1v) is 9.26. The SMILES string of the molecule is C[C@@H]1CN(Cc2ccccc2CNC(=O)c2cccs2)C[C@@H](C)O1. The van der Waals surface area contributed by atoms with Gasteiger partial charge in [0.05, 0.1) is 17.1 Å². The van der Waals surface area contributed by atoms with E-state index < -0.39 is 0 Å². The number of carbonyl (C=O) groups is 1. The Kier molecular flexibility index (Phi) is 5.66. The molecule has 1 aliphatic rings. The molecular weight excluding hydrogens is 320 g/mol. The molecule has 0 radical (unpaired) electrons. The van der Waals surface area contributed by atoms with Gasteiger partial charge in [0, 0.05) is 26.2 Å². The highest BCUT2D eigenvalue weighted by atomic mass is 32.1. The fourth-order valence-electron chi connectivity index (χ4n) is 3.21. The first-order chi connectivity index (χ1) is 11.6. The van der Waals surface area contributed by atoms with Crippen molar-refractivity contribution in [3.05, 3.63) is 57.8 Å². The number of hydrogen-bond donors (Lipinski definition) is 1. The van der Waals surface area contributed by atoms with Crippen molar-refractivity contribution in [3.8, 4) is 0 Å². The molecule has 2 heterocycles.